The Kier molecular flexibility index (Phi) is 8.56. The molecule has 11 heteroatoms. The molecule has 1 amide bonds. The molecule has 0 saturated heterocycles. The van der Waals surface area contributed by atoms with Gasteiger partial charge in [0.05, 0.1) is 12.0 Å². The summed E-state index contributed by atoms with van der Waals surface area (Å²) in [6, 6.07) is 13.4. The molecule has 0 atom stereocenters. The van der Waals surface area contributed by atoms with Gasteiger partial charge >= 0.3 is 0 Å². The number of rotatable bonds is 10. The standard InChI is InChI=1S/C22H27ClN8OS/c1-4-30(5-2)18-10-7-16(8-11-18)13-25-27-21-28-29-22(31(21)24)33-14-20(32)26-19-12-17(23)9-6-15(19)3/h6-13H,4-5,14,24H2,1-3H3,(H,26,32)(H,27,28)/b25-13+. The number of nitrogens with two attached hydrogens (primary N) is 1. The number of hydrogen-bond donors (Lipinski definition) is 3. The van der Waals surface area contributed by atoms with Gasteiger partial charge in [0, 0.05) is 29.5 Å². The molecule has 0 bridgehead atoms. The van der Waals surface area contributed by atoms with Crippen LogP contribution in [0.5, 0.6) is 0 Å². The summed E-state index contributed by atoms with van der Waals surface area (Å²) in [7, 11) is 0. The van der Waals surface area contributed by atoms with Crippen LogP contribution in [0.1, 0.15) is 25.0 Å². The van der Waals surface area contributed by atoms with Crippen molar-refractivity contribution >= 4 is 52.8 Å². The van der Waals surface area contributed by atoms with E-state index in [1.54, 1.807) is 18.3 Å². The zero-order valence-electron chi connectivity index (χ0n) is 18.7. The molecule has 3 aromatic rings. The number of aryl methyl sites for hydroxylation is 1. The maximum atomic E-state index is 12.3. The van der Waals surface area contributed by atoms with Crippen LogP contribution in [-0.2, 0) is 4.79 Å². The Morgan fingerprint density at radius 1 is 1.21 bits per heavy atom. The quantitative estimate of drug-likeness (QED) is 0.172. The fourth-order valence-electron chi connectivity index (χ4n) is 3.02. The number of benzene rings is 2. The van der Waals surface area contributed by atoms with Gasteiger partial charge in [-0.25, -0.2) is 10.1 Å². The zero-order chi connectivity index (χ0) is 23.8. The van der Waals surface area contributed by atoms with Crippen molar-refractivity contribution in [1.82, 2.24) is 14.9 Å². The lowest BCUT2D eigenvalue weighted by Gasteiger charge is -2.20. The van der Waals surface area contributed by atoms with Gasteiger partial charge in [-0.15, -0.1) is 10.2 Å². The maximum Gasteiger partial charge on any atom is 0.264 e. The first-order valence-electron chi connectivity index (χ1n) is 10.4. The lowest BCUT2D eigenvalue weighted by Crippen LogP contribution is -2.21. The summed E-state index contributed by atoms with van der Waals surface area (Å²) in [5, 5.41) is 15.9. The van der Waals surface area contributed by atoms with Gasteiger partial charge in [-0.05, 0) is 56.2 Å². The van der Waals surface area contributed by atoms with Crippen LogP contribution >= 0.6 is 23.4 Å². The summed E-state index contributed by atoms with van der Waals surface area (Å²) >= 11 is 7.16. The predicted octanol–water partition coefficient (Wildman–Crippen LogP) is 3.98. The molecule has 0 radical (unpaired) electrons. The normalized spacial score (nSPS) is 11.0. The van der Waals surface area contributed by atoms with Crippen LogP contribution in [0.3, 0.4) is 0 Å². The molecular weight excluding hydrogens is 460 g/mol. The highest BCUT2D eigenvalue weighted by atomic mass is 35.5. The van der Waals surface area contributed by atoms with E-state index in [-0.39, 0.29) is 17.6 Å². The van der Waals surface area contributed by atoms with E-state index >= 15 is 0 Å². The van der Waals surface area contributed by atoms with E-state index in [4.69, 9.17) is 17.4 Å². The third kappa shape index (κ3) is 6.62. The van der Waals surface area contributed by atoms with E-state index in [0.29, 0.717) is 15.9 Å². The topological polar surface area (TPSA) is 113 Å². The van der Waals surface area contributed by atoms with Crippen molar-refractivity contribution in [3.63, 3.8) is 0 Å². The minimum atomic E-state index is -0.200. The fourth-order valence-corrected chi connectivity index (χ4v) is 3.85. The Bertz CT molecular complexity index is 1110. The first-order valence-corrected chi connectivity index (χ1v) is 11.8. The summed E-state index contributed by atoms with van der Waals surface area (Å²) in [5.74, 6) is 6.21. The van der Waals surface area contributed by atoms with Crippen LogP contribution in [0.2, 0.25) is 5.02 Å². The molecule has 3 rings (SSSR count). The zero-order valence-corrected chi connectivity index (χ0v) is 20.3. The van der Waals surface area contributed by atoms with Gasteiger partial charge in [0.15, 0.2) is 0 Å². The fraction of sp³-hybridized carbons (Fsp3) is 0.273. The summed E-state index contributed by atoms with van der Waals surface area (Å²) in [4.78, 5) is 14.6. The van der Waals surface area contributed by atoms with E-state index in [9.17, 15) is 4.79 Å². The number of aromatic nitrogens is 3. The Hall–Kier alpha value is -3.24. The summed E-state index contributed by atoms with van der Waals surface area (Å²) in [6.07, 6.45) is 1.67. The number of thioether (sulfide) groups is 1. The van der Waals surface area contributed by atoms with Crippen molar-refractivity contribution in [3.8, 4) is 0 Å². The number of carbonyl (C=O) groups excluding carboxylic acids is 1. The molecule has 0 aliphatic heterocycles. The maximum absolute atomic E-state index is 12.3. The molecule has 9 nitrogen and oxygen atoms in total. The second-order valence-electron chi connectivity index (χ2n) is 7.11. The second kappa shape index (κ2) is 11.6. The number of nitrogens with zero attached hydrogens (tertiary/aromatic N) is 5. The van der Waals surface area contributed by atoms with Crippen LogP contribution < -0.4 is 21.5 Å². The van der Waals surface area contributed by atoms with E-state index in [1.165, 1.54) is 22.1 Å². The Morgan fingerprint density at radius 2 is 1.94 bits per heavy atom. The largest absolute Gasteiger partial charge is 0.372 e. The first-order chi connectivity index (χ1) is 15.9. The van der Waals surface area contributed by atoms with Crippen molar-refractivity contribution in [1.29, 1.82) is 0 Å². The minimum absolute atomic E-state index is 0.115. The minimum Gasteiger partial charge on any atom is -0.372 e. The third-order valence-electron chi connectivity index (χ3n) is 4.87. The molecule has 0 aliphatic carbocycles. The molecule has 174 valence electrons. The number of hydrazone groups is 1. The highest BCUT2D eigenvalue weighted by Crippen LogP contribution is 2.22. The summed E-state index contributed by atoms with van der Waals surface area (Å²) in [6.45, 7) is 8.07. The van der Waals surface area contributed by atoms with Crippen LogP contribution in [0.4, 0.5) is 17.3 Å². The van der Waals surface area contributed by atoms with Gasteiger partial charge in [0.2, 0.25) is 11.1 Å². The number of hydrogen-bond acceptors (Lipinski definition) is 8. The average molecular weight is 487 g/mol. The SMILES string of the molecule is CCN(CC)c1ccc(/C=N/Nc2nnc(SCC(=O)Nc3cc(Cl)ccc3C)n2N)cc1. The highest BCUT2D eigenvalue weighted by Gasteiger charge is 2.13. The molecule has 0 fully saturated rings. The van der Waals surface area contributed by atoms with E-state index in [1.807, 2.05) is 25.1 Å². The first kappa shape index (κ1) is 24.4. The van der Waals surface area contributed by atoms with Gasteiger partial charge in [-0.1, -0.05) is 41.6 Å². The van der Waals surface area contributed by atoms with Gasteiger partial charge < -0.3 is 16.1 Å². The van der Waals surface area contributed by atoms with E-state index in [0.717, 1.165) is 24.2 Å². The van der Waals surface area contributed by atoms with Crippen molar-refractivity contribution < 1.29 is 4.79 Å². The number of nitrogens with one attached hydrogen (secondary N) is 2. The summed E-state index contributed by atoms with van der Waals surface area (Å²) in [5.41, 5.74) is 6.47. The third-order valence-corrected chi connectivity index (χ3v) is 6.05. The van der Waals surface area contributed by atoms with Crippen molar-refractivity contribution in [2.24, 2.45) is 5.10 Å². The number of carbonyl (C=O) groups is 1. The van der Waals surface area contributed by atoms with Crippen LogP contribution in [0.25, 0.3) is 0 Å². The highest BCUT2D eigenvalue weighted by molar-refractivity contribution is 7.99. The number of nitrogen functional groups attached to an aromatic ring is 1. The number of anilines is 3. The number of amides is 1. The van der Waals surface area contributed by atoms with Crippen LogP contribution in [-0.4, -0.2) is 45.8 Å². The Morgan fingerprint density at radius 3 is 2.64 bits per heavy atom. The van der Waals surface area contributed by atoms with Crippen molar-refractivity contribution in [3.05, 3.63) is 58.6 Å². The van der Waals surface area contributed by atoms with Crippen molar-refractivity contribution in [2.75, 3.05) is 40.3 Å². The smallest absolute Gasteiger partial charge is 0.264 e. The molecule has 0 spiro atoms. The molecule has 2 aromatic carbocycles. The monoisotopic (exact) mass is 486 g/mol. The number of halogens is 1. The Labute approximate surface area is 202 Å². The molecule has 1 heterocycles. The molecular formula is C22H27ClN8OS. The second-order valence-corrected chi connectivity index (χ2v) is 8.49. The predicted molar refractivity (Wildman–Crippen MR) is 137 cm³/mol. The molecule has 0 aliphatic rings. The molecule has 0 saturated carbocycles. The van der Waals surface area contributed by atoms with Gasteiger partial charge in [0.25, 0.3) is 5.95 Å². The van der Waals surface area contributed by atoms with E-state index in [2.05, 4.69) is 56.9 Å². The molecule has 0 unspecified atom stereocenters. The van der Waals surface area contributed by atoms with Gasteiger partial charge in [0.1, 0.15) is 0 Å². The molecule has 4 N–H and O–H groups in total. The lowest BCUT2D eigenvalue weighted by atomic mass is 10.2. The van der Waals surface area contributed by atoms with Gasteiger partial charge in [-0.2, -0.15) is 5.10 Å². The average Bonchev–Trinajstić information content (AvgIpc) is 3.16. The molecule has 33 heavy (non-hydrogen) atoms. The van der Waals surface area contributed by atoms with Crippen LogP contribution in [0.15, 0.2) is 52.7 Å². The van der Waals surface area contributed by atoms with Gasteiger partial charge in [-0.3, -0.25) is 4.79 Å². The van der Waals surface area contributed by atoms with E-state index < -0.39 is 0 Å². The summed E-state index contributed by atoms with van der Waals surface area (Å²) < 4.78 is 1.25. The Balaban J connectivity index is 1.53. The van der Waals surface area contributed by atoms with Crippen LogP contribution in [0, 0.1) is 6.92 Å². The lowest BCUT2D eigenvalue weighted by molar-refractivity contribution is -0.113. The van der Waals surface area contributed by atoms with Crippen molar-refractivity contribution in [2.45, 2.75) is 25.9 Å². The molecule has 1 aromatic heterocycles.